The minimum absolute atomic E-state index is 0.0798. The Morgan fingerprint density at radius 1 is 1.17 bits per heavy atom. The molecule has 30 heavy (non-hydrogen) atoms. The van der Waals surface area contributed by atoms with E-state index < -0.39 is 0 Å². The summed E-state index contributed by atoms with van der Waals surface area (Å²) in [4.78, 5) is 21.2. The molecule has 4 rings (SSSR count). The highest BCUT2D eigenvalue weighted by Gasteiger charge is 2.17. The number of hydrogen-bond acceptors (Lipinski definition) is 6. The average molecular weight is 406 g/mol. The summed E-state index contributed by atoms with van der Waals surface area (Å²) in [6.45, 7) is 3.50. The first-order valence-electron chi connectivity index (χ1n) is 10.2. The lowest BCUT2D eigenvalue weighted by atomic mass is 10.1. The minimum Gasteiger partial charge on any atom is -0.497 e. The van der Waals surface area contributed by atoms with Crippen molar-refractivity contribution in [1.29, 1.82) is 0 Å². The molecule has 0 radical (unpaired) electrons. The van der Waals surface area contributed by atoms with E-state index in [2.05, 4.69) is 15.0 Å². The summed E-state index contributed by atoms with van der Waals surface area (Å²) >= 11 is 0. The quantitative estimate of drug-likeness (QED) is 0.597. The van der Waals surface area contributed by atoms with E-state index in [4.69, 9.17) is 9.26 Å². The Kier molecular flexibility index (Phi) is 6.09. The van der Waals surface area contributed by atoms with Gasteiger partial charge in [-0.1, -0.05) is 29.4 Å². The molecule has 0 spiro atoms. The second kappa shape index (κ2) is 9.09. The van der Waals surface area contributed by atoms with Gasteiger partial charge in [-0.25, -0.2) is 0 Å². The normalized spacial score (nSPS) is 14.1. The summed E-state index contributed by atoms with van der Waals surface area (Å²) < 4.78 is 10.6. The standard InChI is InChI=1S/C23H26N4O3/c1-26(16-21-24-22(25-30-21)19-6-5-7-20(14-19)29-2)23(28)18-10-8-17(9-11-18)15-27-12-3-4-13-27/h5-11,14H,3-4,12-13,15-16H2,1-2H3. The van der Waals surface area contributed by atoms with Crippen molar-refractivity contribution in [2.24, 2.45) is 0 Å². The fourth-order valence-electron chi connectivity index (χ4n) is 3.65. The van der Waals surface area contributed by atoms with Gasteiger partial charge in [0.2, 0.25) is 11.7 Å². The number of likely N-dealkylation sites (tertiary alicyclic amines) is 1. The minimum atomic E-state index is -0.0798. The zero-order valence-electron chi connectivity index (χ0n) is 17.4. The van der Waals surface area contributed by atoms with Gasteiger partial charge in [-0.3, -0.25) is 9.69 Å². The van der Waals surface area contributed by atoms with E-state index in [0.29, 0.717) is 17.3 Å². The molecule has 2 heterocycles. The second-order valence-corrected chi connectivity index (χ2v) is 7.59. The summed E-state index contributed by atoms with van der Waals surface area (Å²) in [7, 11) is 3.34. The van der Waals surface area contributed by atoms with E-state index in [1.54, 1.807) is 19.1 Å². The Labute approximate surface area is 176 Å². The lowest BCUT2D eigenvalue weighted by molar-refractivity contribution is 0.0769. The molecule has 0 N–H and O–H groups in total. The molecule has 0 aliphatic carbocycles. The van der Waals surface area contributed by atoms with E-state index >= 15 is 0 Å². The van der Waals surface area contributed by atoms with Crippen molar-refractivity contribution >= 4 is 5.91 Å². The van der Waals surface area contributed by atoms with Crippen LogP contribution in [0.25, 0.3) is 11.4 Å². The number of ether oxygens (including phenoxy) is 1. The molecule has 156 valence electrons. The van der Waals surface area contributed by atoms with Gasteiger partial charge in [0.15, 0.2) is 0 Å². The zero-order chi connectivity index (χ0) is 20.9. The van der Waals surface area contributed by atoms with Crippen LogP contribution in [0.15, 0.2) is 53.1 Å². The third kappa shape index (κ3) is 4.68. The number of aromatic nitrogens is 2. The lowest BCUT2D eigenvalue weighted by Gasteiger charge is -2.16. The van der Waals surface area contributed by atoms with Crippen LogP contribution in [0.4, 0.5) is 0 Å². The molecule has 1 fully saturated rings. The molecule has 2 aromatic carbocycles. The molecule has 1 aliphatic heterocycles. The lowest BCUT2D eigenvalue weighted by Crippen LogP contribution is -2.26. The van der Waals surface area contributed by atoms with Crippen molar-refractivity contribution in [2.75, 3.05) is 27.2 Å². The summed E-state index contributed by atoms with van der Waals surface area (Å²) in [5.74, 6) is 1.49. The van der Waals surface area contributed by atoms with E-state index in [1.165, 1.54) is 18.4 Å². The summed E-state index contributed by atoms with van der Waals surface area (Å²) in [5, 5.41) is 4.02. The van der Waals surface area contributed by atoms with Crippen LogP contribution in [0.1, 0.15) is 34.7 Å². The first-order valence-corrected chi connectivity index (χ1v) is 10.2. The number of benzene rings is 2. The number of carbonyl (C=O) groups is 1. The molecule has 1 amide bonds. The van der Waals surface area contributed by atoms with Crippen molar-refractivity contribution in [3.8, 4) is 17.1 Å². The van der Waals surface area contributed by atoms with Crippen LogP contribution in [0.3, 0.4) is 0 Å². The number of nitrogens with zero attached hydrogens (tertiary/aromatic N) is 4. The Morgan fingerprint density at radius 3 is 2.67 bits per heavy atom. The Bertz CT molecular complexity index is 994. The molecule has 0 atom stereocenters. The SMILES string of the molecule is COc1cccc(-c2noc(CN(C)C(=O)c3ccc(CN4CCCC4)cc3)n2)c1. The topological polar surface area (TPSA) is 71.7 Å². The van der Waals surface area contributed by atoms with Crippen LogP contribution in [0.2, 0.25) is 0 Å². The Hall–Kier alpha value is -3.19. The number of carbonyl (C=O) groups excluding carboxylic acids is 1. The molecule has 1 aromatic heterocycles. The largest absolute Gasteiger partial charge is 0.497 e. The van der Waals surface area contributed by atoms with Crippen LogP contribution in [0.5, 0.6) is 5.75 Å². The molecule has 7 heteroatoms. The molecule has 1 aliphatic rings. The third-order valence-corrected chi connectivity index (χ3v) is 5.32. The van der Waals surface area contributed by atoms with Crippen LogP contribution in [0, 0.1) is 0 Å². The smallest absolute Gasteiger partial charge is 0.254 e. The molecule has 3 aromatic rings. The fourth-order valence-corrected chi connectivity index (χ4v) is 3.65. The van der Waals surface area contributed by atoms with E-state index in [-0.39, 0.29) is 12.5 Å². The fraction of sp³-hybridized carbons (Fsp3) is 0.348. The van der Waals surface area contributed by atoms with Crippen LogP contribution in [-0.2, 0) is 13.1 Å². The van der Waals surface area contributed by atoms with Gasteiger partial charge in [0.1, 0.15) is 5.75 Å². The summed E-state index contributed by atoms with van der Waals surface area (Å²) in [6.07, 6.45) is 2.55. The Balaban J connectivity index is 1.38. The number of amides is 1. The zero-order valence-corrected chi connectivity index (χ0v) is 17.4. The van der Waals surface area contributed by atoms with Gasteiger partial charge < -0.3 is 14.2 Å². The highest BCUT2D eigenvalue weighted by atomic mass is 16.5. The molecule has 0 saturated carbocycles. The van der Waals surface area contributed by atoms with Gasteiger partial charge in [0.25, 0.3) is 5.91 Å². The summed E-state index contributed by atoms with van der Waals surface area (Å²) in [5.41, 5.74) is 2.68. The molecule has 1 saturated heterocycles. The van der Waals surface area contributed by atoms with Crippen molar-refractivity contribution in [1.82, 2.24) is 19.9 Å². The highest BCUT2D eigenvalue weighted by Crippen LogP contribution is 2.21. The monoisotopic (exact) mass is 406 g/mol. The van der Waals surface area contributed by atoms with Crippen LogP contribution >= 0.6 is 0 Å². The maximum absolute atomic E-state index is 12.8. The Morgan fingerprint density at radius 2 is 1.93 bits per heavy atom. The molecular formula is C23H26N4O3. The van der Waals surface area contributed by atoms with E-state index in [1.807, 2.05) is 48.5 Å². The predicted molar refractivity (Wildman–Crippen MR) is 113 cm³/mol. The summed E-state index contributed by atoms with van der Waals surface area (Å²) in [6, 6.07) is 15.3. The average Bonchev–Trinajstić information content (AvgIpc) is 3.46. The van der Waals surface area contributed by atoms with Gasteiger partial charge in [-0.15, -0.1) is 0 Å². The van der Waals surface area contributed by atoms with Crippen molar-refractivity contribution in [2.45, 2.75) is 25.9 Å². The van der Waals surface area contributed by atoms with Crippen LogP contribution < -0.4 is 4.74 Å². The molecule has 0 bridgehead atoms. The predicted octanol–water partition coefficient (Wildman–Crippen LogP) is 3.61. The van der Waals surface area contributed by atoms with Crippen molar-refractivity contribution in [3.63, 3.8) is 0 Å². The third-order valence-electron chi connectivity index (χ3n) is 5.32. The number of rotatable bonds is 7. The maximum Gasteiger partial charge on any atom is 0.254 e. The van der Waals surface area contributed by atoms with Gasteiger partial charge in [-0.2, -0.15) is 4.98 Å². The van der Waals surface area contributed by atoms with Crippen molar-refractivity contribution in [3.05, 3.63) is 65.5 Å². The van der Waals surface area contributed by atoms with E-state index in [0.717, 1.165) is 30.9 Å². The van der Waals surface area contributed by atoms with Gasteiger partial charge in [0.05, 0.1) is 13.7 Å². The van der Waals surface area contributed by atoms with Crippen molar-refractivity contribution < 1.29 is 14.1 Å². The van der Waals surface area contributed by atoms with E-state index in [9.17, 15) is 4.79 Å². The van der Waals surface area contributed by atoms with Gasteiger partial charge in [0, 0.05) is 24.7 Å². The first kappa shape index (κ1) is 20.1. The van der Waals surface area contributed by atoms with Gasteiger partial charge >= 0.3 is 0 Å². The first-order chi connectivity index (χ1) is 14.6. The maximum atomic E-state index is 12.8. The number of hydrogen-bond donors (Lipinski definition) is 0. The molecule has 7 nitrogen and oxygen atoms in total. The molecule has 0 unspecified atom stereocenters. The van der Waals surface area contributed by atoms with Gasteiger partial charge in [-0.05, 0) is 55.8 Å². The number of methoxy groups -OCH3 is 1. The van der Waals surface area contributed by atoms with Crippen LogP contribution in [-0.4, -0.2) is 53.1 Å². The molecular weight excluding hydrogens is 380 g/mol. The highest BCUT2D eigenvalue weighted by molar-refractivity contribution is 5.94. The second-order valence-electron chi connectivity index (χ2n) is 7.59.